The Labute approximate surface area is 132 Å². The lowest BCUT2D eigenvalue weighted by Gasteiger charge is -2.14. The van der Waals surface area contributed by atoms with Gasteiger partial charge in [-0.15, -0.1) is 0 Å². The Bertz CT molecular complexity index is 556. The van der Waals surface area contributed by atoms with E-state index in [2.05, 4.69) is 10.6 Å². The van der Waals surface area contributed by atoms with Gasteiger partial charge in [0.25, 0.3) is 5.91 Å². The van der Waals surface area contributed by atoms with Crippen LogP contribution in [-0.2, 0) is 9.53 Å². The smallest absolute Gasteiger partial charge is 0.287 e. The number of hydrogen-bond donors (Lipinski definition) is 4. The molecule has 2 amide bonds. The molecule has 1 saturated carbocycles. The van der Waals surface area contributed by atoms with Crippen molar-refractivity contribution in [1.82, 2.24) is 10.6 Å². The SMILES string of the molecule is O=C(C[C@@H]1O[C@@H](CNC(=O)c2ccco2)[C@@H](O)[C@H]1O)NC1CC1. The molecule has 4 N–H and O–H groups in total. The first-order valence-corrected chi connectivity index (χ1v) is 7.67. The van der Waals surface area contributed by atoms with Gasteiger partial charge in [0.05, 0.1) is 18.8 Å². The van der Waals surface area contributed by atoms with Crippen molar-refractivity contribution in [3.8, 4) is 0 Å². The van der Waals surface area contributed by atoms with Gasteiger partial charge in [-0.2, -0.15) is 0 Å². The molecule has 0 radical (unpaired) electrons. The fourth-order valence-electron chi connectivity index (χ4n) is 2.55. The van der Waals surface area contributed by atoms with Crippen molar-refractivity contribution in [2.45, 2.75) is 49.7 Å². The van der Waals surface area contributed by atoms with Crippen LogP contribution in [0.1, 0.15) is 29.8 Å². The van der Waals surface area contributed by atoms with Gasteiger partial charge in [0, 0.05) is 12.6 Å². The van der Waals surface area contributed by atoms with E-state index in [0.717, 1.165) is 12.8 Å². The average molecular weight is 324 g/mol. The van der Waals surface area contributed by atoms with Crippen molar-refractivity contribution < 1.29 is 29.0 Å². The van der Waals surface area contributed by atoms with Crippen LogP contribution >= 0.6 is 0 Å². The highest BCUT2D eigenvalue weighted by atomic mass is 16.5. The summed E-state index contributed by atoms with van der Waals surface area (Å²) in [7, 11) is 0. The number of nitrogens with one attached hydrogen (secondary N) is 2. The van der Waals surface area contributed by atoms with E-state index < -0.39 is 30.3 Å². The molecule has 8 nitrogen and oxygen atoms in total. The van der Waals surface area contributed by atoms with E-state index in [4.69, 9.17) is 9.15 Å². The summed E-state index contributed by atoms with van der Waals surface area (Å²) in [5.41, 5.74) is 0. The Morgan fingerprint density at radius 2 is 1.96 bits per heavy atom. The first-order valence-electron chi connectivity index (χ1n) is 7.67. The Kier molecular flexibility index (Phi) is 4.65. The van der Waals surface area contributed by atoms with Gasteiger partial charge in [0.15, 0.2) is 5.76 Å². The maximum absolute atomic E-state index is 11.8. The number of amides is 2. The van der Waals surface area contributed by atoms with Crippen molar-refractivity contribution in [2.75, 3.05) is 6.54 Å². The van der Waals surface area contributed by atoms with Gasteiger partial charge in [-0.05, 0) is 25.0 Å². The summed E-state index contributed by atoms with van der Waals surface area (Å²) in [6, 6.07) is 3.34. The van der Waals surface area contributed by atoms with E-state index in [1.807, 2.05) is 0 Å². The summed E-state index contributed by atoms with van der Waals surface area (Å²) in [5.74, 6) is -0.488. The first-order chi connectivity index (χ1) is 11.0. The van der Waals surface area contributed by atoms with Crippen LogP contribution in [0.5, 0.6) is 0 Å². The van der Waals surface area contributed by atoms with Crippen LogP contribution in [0.2, 0.25) is 0 Å². The molecule has 1 aliphatic carbocycles. The highest BCUT2D eigenvalue weighted by Crippen LogP contribution is 2.24. The third-order valence-corrected chi connectivity index (χ3v) is 4.00. The molecule has 2 aliphatic rings. The largest absolute Gasteiger partial charge is 0.459 e. The highest BCUT2D eigenvalue weighted by Gasteiger charge is 2.43. The van der Waals surface area contributed by atoms with E-state index in [9.17, 15) is 19.8 Å². The van der Waals surface area contributed by atoms with Crippen LogP contribution in [0.4, 0.5) is 0 Å². The molecule has 3 rings (SSSR count). The van der Waals surface area contributed by atoms with E-state index in [1.165, 1.54) is 12.3 Å². The Morgan fingerprint density at radius 1 is 1.22 bits per heavy atom. The molecule has 1 saturated heterocycles. The van der Waals surface area contributed by atoms with Gasteiger partial charge in [-0.1, -0.05) is 0 Å². The van der Waals surface area contributed by atoms with Crippen molar-refractivity contribution in [2.24, 2.45) is 0 Å². The van der Waals surface area contributed by atoms with Gasteiger partial charge in [0.2, 0.25) is 5.91 Å². The fourth-order valence-corrected chi connectivity index (χ4v) is 2.55. The number of hydrogen-bond acceptors (Lipinski definition) is 6. The zero-order chi connectivity index (χ0) is 16.4. The van der Waals surface area contributed by atoms with Crippen molar-refractivity contribution >= 4 is 11.8 Å². The Hall–Kier alpha value is -1.90. The minimum absolute atomic E-state index is 0.0124. The monoisotopic (exact) mass is 324 g/mol. The molecule has 126 valence electrons. The molecule has 4 atom stereocenters. The van der Waals surface area contributed by atoms with Crippen LogP contribution in [0, 0.1) is 0 Å². The lowest BCUT2D eigenvalue weighted by Crippen LogP contribution is -2.40. The Morgan fingerprint density at radius 3 is 2.61 bits per heavy atom. The second-order valence-electron chi connectivity index (χ2n) is 5.93. The molecular weight excluding hydrogens is 304 g/mol. The summed E-state index contributed by atoms with van der Waals surface area (Å²) in [4.78, 5) is 23.5. The summed E-state index contributed by atoms with van der Waals surface area (Å²) >= 11 is 0. The van der Waals surface area contributed by atoms with Crippen molar-refractivity contribution in [3.63, 3.8) is 0 Å². The number of ether oxygens (including phenoxy) is 1. The van der Waals surface area contributed by atoms with Crippen LogP contribution in [0.3, 0.4) is 0 Å². The number of carbonyl (C=O) groups is 2. The van der Waals surface area contributed by atoms with Crippen LogP contribution in [0.25, 0.3) is 0 Å². The first kappa shape index (κ1) is 16.0. The van der Waals surface area contributed by atoms with E-state index in [-0.39, 0.29) is 30.7 Å². The average Bonchev–Trinajstić information content (AvgIpc) is 3.08. The molecule has 2 heterocycles. The van der Waals surface area contributed by atoms with Crippen LogP contribution in [-0.4, -0.2) is 59.0 Å². The van der Waals surface area contributed by atoms with Gasteiger partial charge in [-0.3, -0.25) is 9.59 Å². The number of carbonyl (C=O) groups excluding carboxylic acids is 2. The van der Waals surface area contributed by atoms with E-state index in [1.54, 1.807) is 6.07 Å². The molecule has 0 spiro atoms. The minimum atomic E-state index is -1.16. The molecular formula is C15H20N2O6. The molecule has 0 bridgehead atoms. The minimum Gasteiger partial charge on any atom is -0.459 e. The molecule has 2 fully saturated rings. The van der Waals surface area contributed by atoms with E-state index >= 15 is 0 Å². The molecule has 8 heteroatoms. The second-order valence-corrected chi connectivity index (χ2v) is 5.93. The molecule has 0 unspecified atom stereocenters. The third kappa shape index (κ3) is 3.90. The zero-order valence-electron chi connectivity index (χ0n) is 12.5. The third-order valence-electron chi connectivity index (χ3n) is 4.00. The lowest BCUT2D eigenvalue weighted by molar-refractivity contribution is -0.125. The van der Waals surface area contributed by atoms with Gasteiger partial charge >= 0.3 is 0 Å². The van der Waals surface area contributed by atoms with Gasteiger partial charge in [-0.25, -0.2) is 0 Å². The Balaban J connectivity index is 1.48. The standard InChI is InChI=1S/C15H20N2O6/c18-12(17-8-3-4-8)6-10-13(19)14(20)11(23-10)7-16-15(21)9-2-1-5-22-9/h1-2,5,8,10-11,13-14,19-20H,3-4,6-7H2,(H,16,21)(H,17,18)/t10-,11-,13-,14+/m0/s1. The molecule has 1 aliphatic heterocycles. The molecule has 23 heavy (non-hydrogen) atoms. The molecule has 0 aromatic carbocycles. The number of rotatable bonds is 6. The van der Waals surface area contributed by atoms with Crippen LogP contribution in [0.15, 0.2) is 22.8 Å². The zero-order valence-corrected chi connectivity index (χ0v) is 12.5. The lowest BCUT2D eigenvalue weighted by atomic mass is 10.1. The number of aliphatic hydroxyl groups is 2. The normalized spacial score (nSPS) is 30.2. The van der Waals surface area contributed by atoms with Gasteiger partial charge in [0.1, 0.15) is 18.3 Å². The second kappa shape index (κ2) is 6.69. The maximum Gasteiger partial charge on any atom is 0.287 e. The van der Waals surface area contributed by atoms with Crippen molar-refractivity contribution in [1.29, 1.82) is 0 Å². The number of furan rings is 1. The van der Waals surface area contributed by atoms with Crippen molar-refractivity contribution in [3.05, 3.63) is 24.2 Å². The van der Waals surface area contributed by atoms with Gasteiger partial charge < -0.3 is 30.0 Å². The highest BCUT2D eigenvalue weighted by molar-refractivity contribution is 5.91. The van der Waals surface area contributed by atoms with E-state index in [0.29, 0.717) is 0 Å². The summed E-state index contributed by atoms with van der Waals surface area (Å²) in [6.45, 7) is 0.0124. The maximum atomic E-state index is 11.8. The predicted octanol–water partition coefficient (Wildman–Crippen LogP) is -0.833. The number of aliphatic hydroxyl groups excluding tert-OH is 2. The molecule has 1 aromatic rings. The summed E-state index contributed by atoms with van der Waals surface area (Å²) < 4.78 is 10.5. The fraction of sp³-hybridized carbons (Fsp3) is 0.600. The summed E-state index contributed by atoms with van der Waals surface area (Å²) in [6.07, 6.45) is -0.563. The molecule has 1 aromatic heterocycles. The predicted molar refractivity (Wildman–Crippen MR) is 77.5 cm³/mol. The quantitative estimate of drug-likeness (QED) is 0.542. The summed E-state index contributed by atoms with van der Waals surface area (Å²) in [5, 5.41) is 25.4. The van der Waals surface area contributed by atoms with Crippen LogP contribution < -0.4 is 10.6 Å². The topological polar surface area (TPSA) is 121 Å².